The standard InChI is InChI=1S/C33H42N4O6/c1-7-20-19(6)32(42)37-27(20)14-25-18(5)23(10-12-31(40)41)29(35-25)15-28-22(9-11-30(38)39)17(4)24(34-28)13-26-16(3)21(8-2)33(43)36-26/h8,26-27,34-35H,2,7,9-15H2,1,3-6H3,(H,36,43)(H,37,42)(H,38,39)(H,40,41)/p-2. The average molecular weight is 589 g/mol. The topological polar surface area (TPSA) is 170 Å². The Kier molecular flexibility index (Phi) is 9.47. The van der Waals surface area contributed by atoms with Crippen LogP contribution in [0.2, 0.25) is 0 Å². The van der Waals surface area contributed by atoms with E-state index in [9.17, 15) is 29.4 Å². The summed E-state index contributed by atoms with van der Waals surface area (Å²) in [6, 6.07) is -0.364. The zero-order chi connectivity index (χ0) is 31.6. The van der Waals surface area contributed by atoms with Crippen molar-refractivity contribution in [3.05, 3.63) is 80.0 Å². The summed E-state index contributed by atoms with van der Waals surface area (Å²) in [5.41, 5.74) is 10.3. The van der Waals surface area contributed by atoms with Crippen LogP contribution in [0.25, 0.3) is 0 Å². The molecule has 10 heteroatoms. The highest BCUT2D eigenvalue weighted by Gasteiger charge is 2.31. The summed E-state index contributed by atoms with van der Waals surface area (Å²) in [5.74, 6) is -2.52. The summed E-state index contributed by atoms with van der Waals surface area (Å²) in [5, 5.41) is 28.9. The van der Waals surface area contributed by atoms with Crippen LogP contribution in [0.3, 0.4) is 0 Å². The van der Waals surface area contributed by atoms with Crippen molar-refractivity contribution in [2.45, 2.75) is 98.1 Å². The van der Waals surface area contributed by atoms with Gasteiger partial charge >= 0.3 is 0 Å². The molecule has 2 unspecified atom stereocenters. The molecule has 0 spiro atoms. The molecule has 230 valence electrons. The molecule has 0 saturated heterocycles. The molecule has 0 bridgehead atoms. The van der Waals surface area contributed by atoms with E-state index in [4.69, 9.17) is 0 Å². The molecule has 2 atom stereocenters. The molecular formula is C33H40N4O6-2. The molecule has 0 saturated carbocycles. The highest BCUT2D eigenvalue weighted by atomic mass is 16.4. The molecule has 2 aliphatic heterocycles. The first-order valence-electron chi connectivity index (χ1n) is 14.8. The van der Waals surface area contributed by atoms with Crippen LogP contribution in [0.4, 0.5) is 0 Å². The lowest BCUT2D eigenvalue weighted by Gasteiger charge is -2.14. The van der Waals surface area contributed by atoms with E-state index in [0.717, 1.165) is 68.2 Å². The van der Waals surface area contributed by atoms with Gasteiger partial charge in [-0.25, -0.2) is 0 Å². The molecular weight excluding hydrogens is 548 g/mol. The third-order valence-corrected chi connectivity index (χ3v) is 9.10. The Hall–Kier alpha value is -4.34. The summed E-state index contributed by atoms with van der Waals surface area (Å²) in [7, 11) is 0. The fourth-order valence-electron chi connectivity index (χ4n) is 6.56. The van der Waals surface area contributed by atoms with Gasteiger partial charge in [0.15, 0.2) is 0 Å². The van der Waals surface area contributed by atoms with Gasteiger partial charge in [-0.15, -0.1) is 0 Å². The first-order valence-corrected chi connectivity index (χ1v) is 14.8. The van der Waals surface area contributed by atoms with Crippen LogP contribution in [0.1, 0.15) is 85.1 Å². The van der Waals surface area contributed by atoms with Gasteiger partial charge in [-0.1, -0.05) is 19.6 Å². The zero-order valence-electron chi connectivity index (χ0n) is 25.5. The second-order valence-corrected chi connectivity index (χ2v) is 11.6. The van der Waals surface area contributed by atoms with Crippen LogP contribution >= 0.6 is 0 Å². The minimum Gasteiger partial charge on any atom is -0.550 e. The lowest BCUT2D eigenvalue weighted by atomic mass is 9.95. The first-order chi connectivity index (χ1) is 20.4. The maximum Gasteiger partial charge on any atom is 0.251 e. The maximum absolute atomic E-state index is 12.4. The SMILES string of the molecule is C=CC1=C(C)C(Cc2[nH]c(Cc3[nH]c(CC4NC(=O)C(C)=C4CC)c(C)c3CCC(=O)[O-])c(CCC(=O)[O-])c2C)NC1=O. The number of hydrogen-bond donors (Lipinski definition) is 4. The Morgan fingerprint density at radius 1 is 0.791 bits per heavy atom. The van der Waals surface area contributed by atoms with Crippen LogP contribution < -0.4 is 20.8 Å². The Morgan fingerprint density at radius 3 is 1.72 bits per heavy atom. The van der Waals surface area contributed by atoms with Gasteiger partial charge < -0.3 is 40.4 Å². The van der Waals surface area contributed by atoms with Gasteiger partial charge in [0, 0.05) is 65.1 Å². The summed E-state index contributed by atoms with van der Waals surface area (Å²) in [6.45, 7) is 13.4. The van der Waals surface area contributed by atoms with E-state index >= 15 is 0 Å². The number of aromatic amines is 2. The van der Waals surface area contributed by atoms with Crippen molar-refractivity contribution in [1.82, 2.24) is 20.6 Å². The normalized spacial score (nSPS) is 18.4. The molecule has 4 heterocycles. The van der Waals surface area contributed by atoms with Crippen LogP contribution in [0.15, 0.2) is 34.9 Å². The Labute approximate surface area is 251 Å². The molecule has 2 aromatic heterocycles. The smallest absolute Gasteiger partial charge is 0.251 e. The van der Waals surface area contributed by atoms with E-state index in [1.807, 2.05) is 34.6 Å². The van der Waals surface area contributed by atoms with Crippen molar-refractivity contribution in [3.8, 4) is 0 Å². The number of carbonyl (C=O) groups excluding carboxylic acids is 4. The summed E-state index contributed by atoms with van der Waals surface area (Å²) in [4.78, 5) is 54.6. The number of rotatable bonds is 14. The highest BCUT2D eigenvalue weighted by Crippen LogP contribution is 2.31. The highest BCUT2D eigenvalue weighted by molar-refractivity contribution is 6.00. The number of nitrogens with one attached hydrogen (secondary N) is 4. The molecule has 2 amide bonds. The zero-order valence-corrected chi connectivity index (χ0v) is 25.5. The molecule has 0 aromatic carbocycles. The van der Waals surface area contributed by atoms with Crippen molar-refractivity contribution < 1.29 is 29.4 Å². The number of aromatic nitrogens is 2. The lowest BCUT2D eigenvalue weighted by molar-refractivity contribution is -0.307. The minimum atomic E-state index is -1.15. The van der Waals surface area contributed by atoms with Gasteiger partial charge in [-0.05, 0) is 93.2 Å². The van der Waals surface area contributed by atoms with E-state index < -0.39 is 11.9 Å². The molecule has 2 aliphatic rings. The number of carboxylic acids is 2. The molecule has 10 nitrogen and oxygen atoms in total. The minimum absolute atomic E-state index is 0.0702. The first kappa shape index (κ1) is 31.6. The summed E-state index contributed by atoms with van der Waals surface area (Å²) < 4.78 is 0. The van der Waals surface area contributed by atoms with Gasteiger partial charge in [0.25, 0.3) is 5.91 Å². The third kappa shape index (κ3) is 6.53. The van der Waals surface area contributed by atoms with Gasteiger partial charge in [0.05, 0.1) is 12.1 Å². The van der Waals surface area contributed by atoms with E-state index in [2.05, 4.69) is 27.2 Å². The number of carbonyl (C=O) groups is 4. The molecule has 0 fully saturated rings. The Morgan fingerprint density at radius 2 is 1.28 bits per heavy atom. The van der Waals surface area contributed by atoms with Crippen molar-refractivity contribution in [2.24, 2.45) is 0 Å². The quantitative estimate of drug-likeness (QED) is 0.259. The maximum atomic E-state index is 12.4. The van der Waals surface area contributed by atoms with Crippen LogP contribution in [-0.4, -0.2) is 45.8 Å². The molecule has 43 heavy (non-hydrogen) atoms. The van der Waals surface area contributed by atoms with E-state index in [0.29, 0.717) is 24.8 Å². The second kappa shape index (κ2) is 12.9. The van der Waals surface area contributed by atoms with Crippen LogP contribution in [-0.2, 0) is 51.3 Å². The van der Waals surface area contributed by atoms with Crippen molar-refractivity contribution >= 4 is 23.8 Å². The van der Waals surface area contributed by atoms with Gasteiger partial charge in [0.2, 0.25) is 5.91 Å². The van der Waals surface area contributed by atoms with Crippen molar-refractivity contribution in [3.63, 3.8) is 0 Å². The lowest BCUT2D eigenvalue weighted by Crippen LogP contribution is -2.31. The number of H-pyrrole nitrogens is 2. The van der Waals surface area contributed by atoms with E-state index in [1.165, 1.54) is 0 Å². The number of amides is 2. The Bertz CT molecular complexity index is 1480. The van der Waals surface area contributed by atoms with Crippen LogP contribution in [0, 0.1) is 13.8 Å². The van der Waals surface area contributed by atoms with Gasteiger partial charge in [0.1, 0.15) is 0 Å². The largest absolute Gasteiger partial charge is 0.550 e. The van der Waals surface area contributed by atoms with E-state index in [1.54, 1.807) is 6.08 Å². The number of aliphatic carboxylic acids is 2. The summed E-state index contributed by atoms with van der Waals surface area (Å²) in [6.07, 6.45) is 3.98. The molecule has 0 aliphatic carbocycles. The molecule has 4 rings (SSSR count). The predicted octanol–water partition coefficient (Wildman–Crippen LogP) is 1.23. The van der Waals surface area contributed by atoms with Crippen LogP contribution in [0.5, 0.6) is 0 Å². The van der Waals surface area contributed by atoms with E-state index in [-0.39, 0.29) is 49.6 Å². The Balaban J connectivity index is 1.70. The average Bonchev–Trinajstić information content (AvgIpc) is 3.59. The predicted molar refractivity (Wildman–Crippen MR) is 158 cm³/mol. The van der Waals surface area contributed by atoms with Crippen molar-refractivity contribution in [1.29, 1.82) is 0 Å². The van der Waals surface area contributed by atoms with Gasteiger partial charge in [-0.3, -0.25) is 9.59 Å². The fraction of sp³-hybridized carbons (Fsp3) is 0.455. The molecule has 2 aromatic rings. The van der Waals surface area contributed by atoms with Crippen molar-refractivity contribution in [2.75, 3.05) is 0 Å². The number of carboxylic acid groups (broad SMARTS) is 2. The third-order valence-electron chi connectivity index (χ3n) is 9.10. The summed E-state index contributed by atoms with van der Waals surface area (Å²) >= 11 is 0. The monoisotopic (exact) mass is 588 g/mol. The molecule has 4 N–H and O–H groups in total. The van der Waals surface area contributed by atoms with Gasteiger partial charge in [-0.2, -0.15) is 0 Å². The molecule has 0 radical (unpaired) electrons. The second-order valence-electron chi connectivity index (χ2n) is 11.6. The fourth-order valence-corrected chi connectivity index (χ4v) is 6.56. The number of hydrogen-bond acceptors (Lipinski definition) is 6.